The first-order chi connectivity index (χ1) is 7.18. The average molecular weight is 216 g/mol. The van der Waals surface area contributed by atoms with Crippen molar-refractivity contribution in [2.45, 2.75) is 18.9 Å². The number of hydrogen-bond acceptors (Lipinski definition) is 4. The Hall–Kier alpha value is -1.14. The van der Waals surface area contributed by atoms with E-state index in [0.717, 1.165) is 6.54 Å². The van der Waals surface area contributed by atoms with E-state index < -0.39 is 5.97 Å². The number of rotatable bonds is 5. The van der Waals surface area contributed by atoms with Gasteiger partial charge >= 0.3 is 5.97 Å². The van der Waals surface area contributed by atoms with Gasteiger partial charge in [0.2, 0.25) is 5.91 Å². The topological polar surface area (TPSA) is 87.7 Å². The van der Waals surface area contributed by atoms with E-state index in [4.69, 9.17) is 9.84 Å². The molecule has 15 heavy (non-hydrogen) atoms. The van der Waals surface area contributed by atoms with Crippen LogP contribution in [0.2, 0.25) is 0 Å². The van der Waals surface area contributed by atoms with Crippen LogP contribution >= 0.6 is 0 Å². The Morgan fingerprint density at radius 2 is 2.33 bits per heavy atom. The fraction of sp³-hybridized carbons (Fsp3) is 0.778. The Labute approximate surface area is 88.0 Å². The van der Waals surface area contributed by atoms with Gasteiger partial charge in [-0.2, -0.15) is 0 Å². The fourth-order valence-corrected chi connectivity index (χ4v) is 1.36. The van der Waals surface area contributed by atoms with Crippen LogP contribution in [0.1, 0.15) is 12.8 Å². The molecule has 1 fully saturated rings. The summed E-state index contributed by atoms with van der Waals surface area (Å²) in [6.07, 6.45) is 0.292. The molecule has 1 amide bonds. The molecule has 0 saturated carbocycles. The Balaban J connectivity index is 2.09. The second kappa shape index (κ2) is 6.36. The Bertz CT molecular complexity index is 226. The first kappa shape index (κ1) is 11.9. The van der Waals surface area contributed by atoms with Crippen LogP contribution in [0.3, 0.4) is 0 Å². The lowest BCUT2D eigenvalue weighted by Crippen LogP contribution is -2.44. The summed E-state index contributed by atoms with van der Waals surface area (Å²) in [6, 6.07) is 0.0450. The summed E-state index contributed by atoms with van der Waals surface area (Å²) in [5.41, 5.74) is 0. The summed E-state index contributed by atoms with van der Waals surface area (Å²) in [5.74, 6) is -1.05. The molecule has 1 saturated heterocycles. The van der Waals surface area contributed by atoms with Crippen LogP contribution in [0, 0.1) is 0 Å². The second-order valence-electron chi connectivity index (χ2n) is 3.42. The van der Waals surface area contributed by atoms with Crippen molar-refractivity contribution in [1.29, 1.82) is 0 Å². The normalized spacial score (nSPS) is 20.9. The maximum absolute atomic E-state index is 11.3. The number of carbonyl (C=O) groups is 2. The van der Waals surface area contributed by atoms with Gasteiger partial charge in [-0.3, -0.25) is 9.59 Å². The number of aliphatic carboxylic acids is 1. The molecule has 0 aromatic heterocycles. The van der Waals surface area contributed by atoms with E-state index in [1.165, 1.54) is 0 Å². The van der Waals surface area contributed by atoms with E-state index in [-0.39, 0.29) is 24.9 Å². The highest BCUT2D eigenvalue weighted by atomic mass is 16.5. The minimum absolute atomic E-state index is 0.0413. The van der Waals surface area contributed by atoms with Crippen molar-refractivity contribution >= 4 is 11.9 Å². The monoisotopic (exact) mass is 216 g/mol. The molecule has 1 atom stereocenters. The lowest BCUT2D eigenvalue weighted by atomic mass is 10.2. The third-order valence-electron chi connectivity index (χ3n) is 2.09. The van der Waals surface area contributed by atoms with E-state index >= 15 is 0 Å². The number of morpholine rings is 1. The molecule has 1 heterocycles. The Morgan fingerprint density at radius 3 is 2.93 bits per heavy atom. The van der Waals surface area contributed by atoms with Crippen molar-refractivity contribution in [3.05, 3.63) is 0 Å². The Kier molecular flexibility index (Phi) is 5.06. The standard InChI is InChI=1S/C9H16N2O4/c12-8(11-2-1-9(13)14)5-7-6-15-4-3-10-7/h7,10H,1-6H2,(H,11,12)(H,13,14). The minimum atomic E-state index is -0.908. The van der Waals surface area contributed by atoms with Crippen molar-refractivity contribution in [2.75, 3.05) is 26.3 Å². The number of amides is 1. The van der Waals surface area contributed by atoms with Crippen molar-refractivity contribution in [1.82, 2.24) is 10.6 Å². The highest BCUT2D eigenvalue weighted by Gasteiger charge is 2.16. The summed E-state index contributed by atoms with van der Waals surface area (Å²) in [4.78, 5) is 21.5. The molecule has 0 spiro atoms. The quantitative estimate of drug-likeness (QED) is 0.546. The molecule has 1 rings (SSSR count). The minimum Gasteiger partial charge on any atom is -0.481 e. The molecular weight excluding hydrogens is 200 g/mol. The van der Waals surface area contributed by atoms with E-state index in [9.17, 15) is 9.59 Å². The molecule has 0 bridgehead atoms. The summed E-state index contributed by atoms with van der Waals surface area (Å²) in [7, 11) is 0. The van der Waals surface area contributed by atoms with Gasteiger partial charge in [-0.1, -0.05) is 0 Å². The largest absolute Gasteiger partial charge is 0.481 e. The molecule has 0 aromatic carbocycles. The SMILES string of the molecule is O=C(O)CCNC(=O)CC1COCCN1. The molecule has 0 aromatic rings. The zero-order valence-corrected chi connectivity index (χ0v) is 8.49. The molecular formula is C9H16N2O4. The van der Waals surface area contributed by atoms with Crippen LogP contribution in [0.5, 0.6) is 0 Å². The molecule has 1 aliphatic rings. The van der Waals surface area contributed by atoms with Crippen LogP contribution in [0.25, 0.3) is 0 Å². The van der Waals surface area contributed by atoms with E-state index in [2.05, 4.69) is 10.6 Å². The maximum Gasteiger partial charge on any atom is 0.305 e. The van der Waals surface area contributed by atoms with Gasteiger partial charge in [-0.15, -0.1) is 0 Å². The highest BCUT2D eigenvalue weighted by molar-refractivity contribution is 5.77. The third kappa shape index (κ3) is 5.34. The van der Waals surface area contributed by atoms with Gasteiger partial charge in [-0.25, -0.2) is 0 Å². The van der Waals surface area contributed by atoms with Crippen LogP contribution in [0.15, 0.2) is 0 Å². The molecule has 6 nitrogen and oxygen atoms in total. The number of ether oxygens (including phenoxy) is 1. The molecule has 3 N–H and O–H groups in total. The first-order valence-electron chi connectivity index (χ1n) is 4.98. The lowest BCUT2D eigenvalue weighted by Gasteiger charge is -2.23. The number of carboxylic acids is 1. The van der Waals surface area contributed by atoms with Gasteiger partial charge in [0.05, 0.1) is 19.6 Å². The molecule has 6 heteroatoms. The van der Waals surface area contributed by atoms with Crippen LogP contribution in [0.4, 0.5) is 0 Å². The Morgan fingerprint density at radius 1 is 1.53 bits per heavy atom. The molecule has 0 aliphatic carbocycles. The number of carbonyl (C=O) groups excluding carboxylic acids is 1. The van der Waals surface area contributed by atoms with Gasteiger partial charge in [0.25, 0.3) is 0 Å². The number of carboxylic acid groups (broad SMARTS) is 1. The molecule has 1 unspecified atom stereocenters. The number of nitrogens with one attached hydrogen (secondary N) is 2. The predicted octanol–water partition coefficient (Wildman–Crippen LogP) is -1.04. The summed E-state index contributed by atoms with van der Waals surface area (Å²) < 4.78 is 5.19. The van der Waals surface area contributed by atoms with E-state index in [1.807, 2.05) is 0 Å². The van der Waals surface area contributed by atoms with Gasteiger partial charge in [0.15, 0.2) is 0 Å². The smallest absolute Gasteiger partial charge is 0.305 e. The van der Waals surface area contributed by atoms with E-state index in [0.29, 0.717) is 19.6 Å². The summed E-state index contributed by atoms with van der Waals surface area (Å²) >= 11 is 0. The summed E-state index contributed by atoms with van der Waals surface area (Å²) in [5, 5.41) is 14.1. The van der Waals surface area contributed by atoms with Gasteiger partial charge in [-0.05, 0) is 0 Å². The van der Waals surface area contributed by atoms with Gasteiger partial charge in [0.1, 0.15) is 0 Å². The van der Waals surface area contributed by atoms with E-state index in [1.54, 1.807) is 0 Å². The molecule has 86 valence electrons. The molecule has 0 radical (unpaired) electrons. The predicted molar refractivity (Wildman–Crippen MR) is 52.5 cm³/mol. The zero-order chi connectivity index (χ0) is 11.1. The van der Waals surface area contributed by atoms with Crippen molar-refractivity contribution in [2.24, 2.45) is 0 Å². The van der Waals surface area contributed by atoms with Crippen molar-refractivity contribution in [3.8, 4) is 0 Å². The number of hydrogen-bond donors (Lipinski definition) is 3. The van der Waals surface area contributed by atoms with Crippen LogP contribution in [-0.2, 0) is 14.3 Å². The average Bonchev–Trinajstić information content (AvgIpc) is 2.18. The van der Waals surface area contributed by atoms with Gasteiger partial charge < -0.3 is 20.5 Å². The fourth-order valence-electron chi connectivity index (χ4n) is 1.36. The lowest BCUT2D eigenvalue weighted by molar-refractivity contribution is -0.136. The highest BCUT2D eigenvalue weighted by Crippen LogP contribution is 1.97. The third-order valence-corrected chi connectivity index (χ3v) is 2.09. The first-order valence-corrected chi connectivity index (χ1v) is 4.98. The van der Waals surface area contributed by atoms with Crippen molar-refractivity contribution in [3.63, 3.8) is 0 Å². The van der Waals surface area contributed by atoms with Crippen LogP contribution < -0.4 is 10.6 Å². The second-order valence-corrected chi connectivity index (χ2v) is 3.42. The maximum atomic E-state index is 11.3. The zero-order valence-electron chi connectivity index (χ0n) is 8.49. The van der Waals surface area contributed by atoms with Gasteiger partial charge in [0, 0.05) is 25.6 Å². The van der Waals surface area contributed by atoms with Crippen LogP contribution in [-0.4, -0.2) is 49.3 Å². The van der Waals surface area contributed by atoms with Crippen molar-refractivity contribution < 1.29 is 19.4 Å². The molecule has 1 aliphatic heterocycles. The summed E-state index contributed by atoms with van der Waals surface area (Å²) in [6.45, 7) is 2.15.